The summed E-state index contributed by atoms with van der Waals surface area (Å²) in [6, 6.07) is 0. The summed E-state index contributed by atoms with van der Waals surface area (Å²) in [4.78, 5) is 0. The van der Waals surface area contributed by atoms with E-state index in [1.807, 2.05) is 0 Å². The molecule has 64 heavy (non-hydrogen) atoms. The summed E-state index contributed by atoms with van der Waals surface area (Å²) < 4.78 is 0. The number of aliphatic hydroxyl groups excluding tert-OH is 2. The fourth-order valence-electron chi connectivity index (χ4n) is 22.4. The lowest BCUT2D eigenvalue weighted by atomic mass is 9.41. The molecule has 0 radical (unpaired) electrons. The molecule has 0 aromatic rings. The van der Waals surface area contributed by atoms with Gasteiger partial charge >= 0.3 is 0 Å². The Balaban J connectivity index is 0.000000162. The van der Waals surface area contributed by atoms with Crippen molar-refractivity contribution < 1.29 is 10.2 Å². The Morgan fingerprint density at radius 1 is 0.422 bits per heavy atom. The molecule has 364 valence electrons. The Kier molecular flexibility index (Phi) is 11.7. The van der Waals surface area contributed by atoms with Gasteiger partial charge in [-0.25, -0.2) is 0 Å². The Hall–Kier alpha value is -0.600. The van der Waals surface area contributed by atoms with E-state index in [1.54, 1.807) is 0 Å². The molecular weight excluding hydrogens is 777 g/mol. The third-order valence-electron chi connectivity index (χ3n) is 27.2. The van der Waals surface area contributed by atoms with Crippen LogP contribution in [0.3, 0.4) is 0 Å². The van der Waals surface area contributed by atoms with E-state index in [9.17, 15) is 10.2 Å². The maximum absolute atomic E-state index is 10.9. The van der Waals surface area contributed by atoms with Crippen LogP contribution in [-0.4, -0.2) is 22.4 Å². The average Bonchev–Trinajstić information content (AvgIpc) is 4.04. The van der Waals surface area contributed by atoms with Gasteiger partial charge in [0.25, 0.3) is 0 Å². The second-order valence-corrected chi connectivity index (χ2v) is 29.7. The average molecular weight is 882 g/mol. The minimum absolute atomic E-state index is 0.0888. The second kappa shape index (κ2) is 15.4. The number of hydrogen-bond donors (Lipinski definition) is 2. The molecule has 2 heteroatoms. The highest BCUT2D eigenvalue weighted by Gasteiger charge is 2.83. The summed E-state index contributed by atoms with van der Waals surface area (Å²) in [7, 11) is 0. The first-order chi connectivity index (χ1) is 29.7. The first-order valence-electron chi connectivity index (χ1n) is 28.4. The van der Waals surface area contributed by atoms with Gasteiger partial charge in [-0.1, -0.05) is 121 Å². The van der Waals surface area contributed by atoms with Gasteiger partial charge in [0.1, 0.15) is 0 Å². The lowest BCUT2D eigenvalue weighted by Crippen LogP contribution is -2.57. The summed E-state index contributed by atoms with van der Waals surface area (Å²) in [5.74, 6) is 8.03. The van der Waals surface area contributed by atoms with Crippen molar-refractivity contribution in [2.24, 2.45) is 113 Å². The van der Waals surface area contributed by atoms with Gasteiger partial charge in [-0.05, 0) is 255 Å². The summed E-state index contributed by atoms with van der Waals surface area (Å²) in [5.41, 5.74) is 7.57. The van der Waals surface area contributed by atoms with Crippen LogP contribution < -0.4 is 0 Å². The fraction of sp³-hybridized carbons (Fsp3) is 0.935. The first kappa shape index (κ1) is 48.4. The van der Waals surface area contributed by atoms with Crippen molar-refractivity contribution in [3.05, 3.63) is 24.3 Å². The molecule has 10 rings (SSSR count). The quantitative estimate of drug-likeness (QED) is 0.215. The molecule has 10 saturated carbocycles. The van der Waals surface area contributed by atoms with E-state index in [0.29, 0.717) is 55.2 Å². The number of aliphatic hydroxyl groups is 2. The van der Waals surface area contributed by atoms with E-state index in [0.717, 1.165) is 60.2 Å². The van der Waals surface area contributed by atoms with Crippen LogP contribution in [0.1, 0.15) is 238 Å². The molecule has 0 saturated heterocycles. The van der Waals surface area contributed by atoms with Crippen molar-refractivity contribution >= 4 is 0 Å². The Bertz CT molecular complexity index is 1690. The molecule has 10 aliphatic carbocycles. The van der Waals surface area contributed by atoms with Crippen molar-refractivity contribution in [1.29, 1.82) is 0 Å². The third kappa shape index (κ3) is 6.24. The van der Waals surface area contributed by atoms with E-state index in [-0.39, 0.29) is 23.0 Å². The molecule has 0 aliphatic heterocycles. The van der Waals surface area contributed by atoms with Gasteiger partial charge in [0.15, 0.2) is 0 Å². The normalized spacial score (nSPS) is 51.9. The molecular formula is C62H104O2. The van der Waals surface area contributed by atoms with Crippen LogP contribution in [-0.2, 0) is 0 Å². The third-order valence-corrected chi connectivity index (χ3v) is 27.2. The smallest absolute Gasteiger partial charge is 0.0594 e. The van der Waals surface area contributed by atoms with Crippen LogP contribution in [0, 0.1) is 113 Å². The summed E-state index contributed by atoms with van der Waals surface area (Å²) in [5, 5.41) is 21.7. The zero-order valence-electron chi connectivity index (χ0n) is 44.8. The van der Waals surface area contributed by atoms with Gasteiger partial charge < -0.3 is 10.2 Å². The van der Waals surface area contributed by atoms with Crippen LogP contribution in [0.15, 0.2) is 24.3 Å². The minimum atomic E-state index is -0.0888. The van der Waals surface area contributed by atoms with Crippen molar-refractivity contribution in [3.63, 3.8) is 0 Å². The molecule has 18 atom stereocenters. The number of fused-ring (bicyclic) bond motifs is 4. The maximum Gasteiger partial charge on any atom is 0.0594 e. The molecule has 0 heterocycles. The standard InChI is InChI=1S/2C31H52O/c2*1-20(2)21(3)9-10-22(4)23-13-15-29(8)25-12-11-24-27(5,6)26(32)14-16-30(24)19-31(25,30)18-17-28(23,29)7/h2*20,22-26,32H,3,9-19H2,1-2,4-8H3/t2*22-,23-,24+,25+,26+,28-,29+,30-,31+/m11/s1. The number of allylic oxidation sites excluding steroid dienone is 2. The number of rotatable bonds is 10. The van der Waals surface area contributed by atoms with Crippen molar-refractivity contribution in [3.8, 4) is 0 Å². The highest BCUT2D eigenvalue weighted by atomic mass is 16.3. The largest absolute Gasteiger partial charge is 0.393 e. The predicted octanol–water partition coefficient (Wildman–Crippen LogP) is 16.8. The van der Waals surface area contributed by atoms with Crippen LogP contribution in [0.25, 0.3) is 0 Å². The van der Waals surface area contributed by atoms with Crippen molar-refractivity contribution in [2.45, 2.75) is 250 Å². The lowest BCUT2D eigenvalue weighted by Gasteiger charge is -2.63. The van der Waals surface area contributed by atoms with E-state index in [4.69, 9.17) is 0 Å². The second-order valence-electron chi connectivity index (χ2n) is 29.7. The molecule has 2 N–H and O–H groups in total. The Labute approximate surface area is 396 Å². The molecule has 0 aromatic heterocycles. The van der Waals surface area contributed by atoms with Crippen LogP contribution in [0.4, 0.5) is 0 Å². The molecule has 10 fully saturated rings. The van der Waals surface area contributed by atoms with E-state index >= 15 is 0 Å². The zero-order valence-corrected chi connectivity index (χ0v) is 44.8. The van der Waals surface area contributed by atoms with Crippen molar-refractivity contribution in [2.75, 3.05) is 0 Å². The maximum atomic E-state index is 10.9. The van der Waals surface area contributed by atoms with Gasteiger partial charge in [-0.3, -0.25) is 0 Å². The summed E-state index contributed by atoms with van der Waals surface area (Å²) in [6.45, 7) is 43.6. The highest BCUT2D eigenvalue weighted by molar-refractivity contribution is 5.32. The van der Waals surface area contributed by atoms with Gasteiger partial charge in [0.05, 0.1) is 12.2 Å². The molecule has 4 spiro atoms. The number of hydrogen-bond acceptors (Lipinski definition) is 2. The monoisotopic (exact) mass is 881 g/mol. The van der Waals surface area contributed by atoms with Gasteiger partial charge in [0.2, 0.25) is 0 Å². The summed E-state index contributed by atoms with van der Waals surface area (Å²) >= 11 is 0. The Morgan fingerprint density at radius 3 is 1.09 bits per heavy atom. The van der Waals surface area contributed by atoms with Gasteiger partial charge in [-0.15, -0.1) is 0 Å². The van der Waals surface area contributed by atoms with Crippen molar-refractivity contribution in [1.82, 2.24) is 0 Å². The highest BCUT2D eigenvalue weighted by Crippen LogP contribution is 2.91. The fourth-order valence-corrected chi connectivity index (χ4v) is 22.4. The SMILES string of the molecule is C=C(CC[C@@H](C)[C@H]1CC[C@@]2(C)[C@@H]3CC[C@H]4C(C)(C)[C@@H](O)CC[C@@]45C[C@@]35CC[C@]12C)C(C)C.C=C(CC[C@@H](C)[C@H]1CC[C@@]2(C)[C@@H]3CC[C@H]4C(C)(C)[C@@H](O)CC[C@@]45C[C@@]35CC[C@]12C)C(C)C. The minimum Gasteiger partial charge on any atom is -0.393 e. The van der Waals surface area contributed by atoms with Crippen LogP contribution >= 0.6 is 0 Å². The topological polar surface area (TPSA) is 40.5 Å². The van der Waals surface area contributed by atoms with E-state index < -0.39 is 0 Å². The first-order valence-corrected chi connectivity index (χ1v) is 28.4. The molecule has 0 aromatic carbocycles. The molecule has 2 nitrogen and oxygen atoms in total. The van der Waals surface area contributed by atoms with E-state index in [2.05, 4.69) is 110 Å². The lowest BCUT2D eigenvalue weighted by molar-refractivity contribution is -0.161. The van der Waals surface area contributed by atoms with Gasteiger partial charge in [-0.2, -0.15) is 0 Å². The summed E-state index contributed by atoms with van der Waals surface area (Å²) in [6.07, 6.45) is 29.9. The Morgan fingerprint density at radius 2 is 0.750 bits per heavy atom. The predicted molar refractivity (Wildman–Crippen MR) is 271 cm³/mol. The van der Waals surface area contributed by atoms with Crippen LogP contribution in [0.2, 0.25) is 0 Å². The zero-order chi connectivity index (χ0) is 46.6. The molecule has 0 amide bonds. The van der Waals surface area contributed by atoms with Gasteiger partial charge in [0, 0.05) is 0 Å². The molecule has 0 unspecified atom stereocenters. The molecule has 0 bridgehead atoms. The molecule has 10 aliphatic rings. The van der Waals surface area contributed by atoms with Crippen LogP contribution in [0.5, 0.6) is 0 Å². The van der Waals surface area contributed by atoms with E-state index in [1.165, 1.54) is 140 Å².